The fraction of sp³-hybridized carbons (Fsp3) is 0.105. The molecule has 0 amide bonds. The van der Waals surface area contributed by atoms with Gasteiger partial charge in [-0.15, -0.1) is 0 Å². The minimum absolute atomic E-state index is 0.226. The van der Waals surface area contributed by atoms with E-state index < -0.39 is 0 Å². The van der Waals surface area contributed by atoms with Crippen LogP contribution in [-0.4, -0.2) is 28.5 Å². The van der Waals surface area contributed by atoms with Crippen LogP contribution in [0.5, 0.6) is 0 Å². The van der Waals surface area contributed by atoms with E-state index in [2.05, 4.69) is 9.97 Å². The van der Waals surface area contributed by atoms with Crippen LogP contribution in [0.4, 0.5) is 5.69 Å². The van der Waals surface area contributed by atoms with Crippen LogP contribution in [0.15, 0.2) is 58.1 Å². The Labute approximate surface area is 142 Å². The van der Waals surface area contributed by atoms with E-state index >= 15 is 0 Å². The molecule has 2 aromatic heterocycles. The summed E-state index contributed by atoms with van der Waals surface area (Å²) in [6, 6.07) is 14.8. The first-order valence-corrected chi connectivity index (χ1v) is 7.87. The fourth-order valence-electron chi connectivity index (χ4n) is 2.89. The lowest BCUT2D eigenvalue weighted by Gasteiger charge is -2.11. The van der Waals surface area contributed by atoms with Gasteiger partial charge in [0.15, 0.2) is 0 Å². The average Bonchev–Trinajstić information content (AvgIpc) is 2.91. The Balaban J connectivity index is 1.97. The number of nitrogens with zero attached hydrogens (tertiary/aromatic N) is 3. The van der Waals surface area contributed by atoms with Crippen molar-refractivity contribution in [3.63, 3.8) is 0 Å². The monoisotopic (exact) mass is 332 g/mol. The van der Waals surface area contributed by atoms with Gasteiger partial charge in [0.25, 0.3) is 11.1 Å². The maximum Gasteiger partial charge on any atom is 0.282 e. The van der Waals surface area contributed by atoms with Crippen LogP contribution in [-0.2, 0) is 0 Å². The third kappa shape index (κ3) is 2.48. The molecule has 1 N–H and O–H groups in total. The van der Waals surface area contributed by atoms with Crippen LogP contribution in [0, 0.1) is 0 Å². The lowest BCUT2D eigenvalue weighted by molar-refractivity contribution is 1.11. The Morgan fingerprint density at radius 2 is 1.76 bits per heavy atom. The zero-order valence-electron chi connectivity index (χ0n) is 13.9. The molecule has 0 atom stereocenters. The van der Waals surface area contributed by atoms with Crippen molar-refractivity contribution in [3.8, 4) is 0 Å². The van der Waals surface area contributed by atoms with Crippen LogP contribution < -0.4 is 21.4 Å². The van der Waals surface area contributed by atoms with Gasteiger partial charge in [-0.25, -0.2) is 4.40 Å². The van der Waals surface area contributed by atoms with Crippen molar-refractivity contribution in [2.75, 3.05) is 19.0 Å². The molecule has 0 saturated carbocycles. The molecule has 0 radical (unpaired) electrons. The Morgan fingerprint density at radius 1 is 1.04 bits per heavy atom. The highest BCUT2D eigenvalue weighted by molar-refractivity contribution is 5.79. The van der Waals surface area contributed by atoms with E-state index in [9.17, 15) is 9.59 Å². The zero-order chi connectivity index (χ0) is 17.6. The van der Waals surface area contributed by atoms with Crippen LogP contribution in [0.1, 0.15) is 5.56 Å². The van der Waals surface area contributed by atoms with Gasteiger partial charge in [-0.2, -0.15) is 4.98 Å². The van der Waals surface area contributed by atoms with Gasteiger partial charge in [0.05, 0.1) is 10.9 Å². The number of aromatic amines is 1. The first-order chi connectivity index (χ1) is 12.0. The van der Waals surface area contributed by atoms with Gasteiger partial charge in [0.1, 0.15) is 5.35 Å². The highest BCUT2D eigenvalue weighted by Gasteiger charge is 2.10. The summed E-state index contributed by atoms with van der Waals surface area (Å²) in [5, 5.41) is 0.818. The van der Waals surface area contributed by atoms with Crippen molar-refractivity contribution in [3.05, 3.63) is 80.2 Å². The molecule has 6 nitrogen and oxygen atoms in total. The molecular weight excluding hydrogens is 316 g/mol. The summed E-state index contributed by atoms with van der Waals surface area (Å²) in [5.41, 5.74) is 1.95. The predicted octanol–water partition coefficient (Wildman–Crippen LogP) is 1.15. The Kier molecular flexibility index (Phi) is 3.39. The summed E-state index contributed by atoms with van der Waals surface area (Å²) in [5.74, 6) is 0.255. The van der Waals surface area contributed by atoms with E-state index in [0.717, 1.165) is 11.3 Å². The van der Waals surface area contributed by atoms with Crippen LogP contribution in [0.3, 0.4) is 0 Å². The number of benzene rings is 2. The van der Waals surface area contributed by atoms with Crippen LogP contribution >= 0.6 is 0 Å². The molecule has 4 aromatic rings. The maximum atomic E-state index is 12.8. The SMILES string of the molecule is CN(C)c1ccc(/C=c2\[nH]c3nc(=O)c4ccccc4n3c2=O)cc1. The molecule has 0 aliphatic heterocycles. The molecule has 0 aliphatic rings. The van der Waals surface area contributed by atoms with E-state index in [4.69, 9.17) is 0 Å². The van der Waals surface area contributed by atoms with E-state index in [-0.39, 0.29) is 16.9 Å². The quantitative estimate of drug-likeness (QED) is 0.598. The Bertz CT molecular complexity index is 1250. The summed E-state index contributed by atoms with van der Waals surface area (Å²) in [6.07, 6.45) is 1.76. The highest BCUT2D eigenvalue weighted by Crippen LogP contribution is 2.12. The summed E-state index contributed by atoms with van der Waals surface area (Å²) in [4.78, 5) is 33.8. The molecule has 0 unspecified atom stereocenters. The Morgan fingerprint density at radius 3 is 2.48 bits per heavy atom. The third-order valence-electron chi connectivity index (χ3n) is 4.20. The Hall–Kier alpha value is -3.41. The number of anilines is 1. The molecule has 0 fully saturated rings. The minimum atomic E-state index is -0.348. The molecule has 0 spiro atoms. The number of aromatic nitrogens is 3. The largest absolute Gasteiger partial charge is 0.378 e. The third-order valence-corrected chi connectivity index (χ3v) is 4.20. The van der Waals surface area contributed by atoms with Gasteiger partial charge in [0, 0.05) is 19.8 Å². The van der Waals surface area contributed by atoms with Crippen LogP contribution in [0.25, 0.3) is 22.8 Å². The molecular formula is C19H16N4O2. The molecule has 2 heterocycles. The van der Waals surface area contributed by atoms with Gasteiger partial charge in [-0.1, -0.05) is 24.3 Å². The summed E-state index contributed by atoms with van der Waals surface area (Å²) in [6.45, 7) is 0. The van der Waals surface area contributed by atoms with E-state index in [1.54, 1.807) is 30.3 Å². The van der Waals surface area contributed by atoms with E-state index in [1.807, 2.05) is 43.3 Å². The van der Waals surface area contributed by atoms with Crippen molar-refractivity contribution < 1.29 is 0 Å². The minimum Gasteiger partial charge on any atom is -0.378 e. The lowest BCUT2D eigenvalue weighted by Crippen LogP contribution is -2.26. The van der Waals surface area contributed by atoms with Crippen molar-refractivity contribution in [1.29, 1.82) is 0 Å². The van der Waals surface area contributed by atoms with Gasteiger partial charge >= 0.3 is 0 Å². The summed E-state index contributed by atoms with van der Waals surface area (Å²) in [7, 11) is 3.94. The fourth-order valence-corrected chi connectivity index (χ4v) is 2.89. The average molecular weight is 332 g/mol. The first kappa shape index (κ1) is 15.1. The summed E-state index contributed by atoms with van der Waals surface area (Å²) >= 11 is 0. The second kappa shape index (κ2) is 5.59. The number of nitrogens with one attached hydrogen (secondary N) is 1. The topological polar surface area (TPSA) is 70.5 Å². The molecule has 124 valence electrons. The number of fused-ring (bicyclic) bond motifs is 3. The van der Waals surface area contributed by atoms with Crippen molar-refractivity contribution >= 4 is 28.4 Å². The molecule has 2 aromatic carbocycles. The molecule has 4 rings (SSSR count). The molecule has 6 heteroatoms. The van der Waals surface area contributed by atoms with E-state index in [1.165, 1.54) is 4.40 Å². The van der Waals surface area contributed by atoms with E-state index in [0.29, 0.717) is 16.3 Å². The smallest absolute Gasteiger partial charge is 0.282 e. The number of rotatable bonds is 2. The van der Waals surface area contributed by atoms with Gasteiger partial charge in [-0.05, 0) is 35.9 Å². The van der Waals surface area contributed by atoms with Gasteiger partial charge in [-0.3, -0.25) is 9.59 Å². The van der Waals surface area contributed by atoms with Gasteiger partial charge in [0.2, 0.25) is 5.78 Å². The predicted molar refractivity (Wildman–Crippen MR) is 99.1 cm³/mol. The molecule has 0 aliphatic carbocycles. The second-order valence-electron chi connectivity index (χ2n) is 6.07. The zero-order valence-corrected chi connectivity index (χ0v) is 13.9. The summed E-state index contributed by atoms with van der Waals surface area (Å²) < 4.78 is 1.44. The molecule has 25 heavy (non-hydrogen) atoms. The normalized spacial score (nSPS) is 12.2. The number of hydrogen-bond donors (Lipinski definition) is 1. The molecule has 0 saturated heterocycles. The first-order valence-electron chi connectivity index (χ1n) is 7.87. The number of hydrogen-bond acceptors (Lipinski definition) is 4. The lowest BCUT2D eigenvalue weighted by atomic mass is 10.2. The number of para-hydroxylation sites is 1. The number of imidazole rings is 1. The van der Waals surface area contributed by atoms with Crippen molar-refractivity contribution in [2.24, 2.45) is 0 Å². The van der Waals surface area contributed by atoms with Crippen molar-refractivity contribution in [1.82, 2.24) is 14.4 Å². The standard InChI is InChI=1S/C19H16N4O2/c1-22(2)13-9-7-12(8-10-13)11-15-18(25)23-16-6-4-3-5-14(16)17(24)21-19(23)20-15/h3-11H,1-2H3,(H,20,21,24)/b15-11-. The van der Waals surface area contributed by atoms with Crippen LogP contribution in [0.2, 0.25) is 0 Å². The second-order valence-corrected chi connectivity index (χ2v) is 6.07. The number of H-pyrrole nitrogens is 1. The van der Waals surface area contributed by atoms with Crippen molar-refractivity contribution in [2.45, 2.75) is 0 Å². The molecule has 0 bridgehead atoms. The maximum absolute atomic E-state index is 12.8. The van der Waals surface area contributed by atoms with Gasteiger partial charge < -0.3 is 9.88 Å². The highest BCUT2D eigenvalue weighted by atomic mass is 16.1.